The van der Waals surface area contributed by atoms with Crippen LogP contribution in [-0.2, 0) is 11.3 Å². The van der Waals surface area contributed by atoms with Gasteiger partial charge in [0.2, 0.25) is 5.91 Å². The number of carbonyl (C=O) groups is 1. The van der Waals surface area contributed by atoms with Crippen molar-refractivity contribution in [1.29, 1.82) is 0 Å². The van der Waals surface area contributed by atoms with Crippen LogP contribution in [0.25, 0.3) is 0 Å². The topological polar surface area (TPSA) is 58.4 Å². The summed E-state index contributed by atoms with van der Waals surface area (Å²) in [5, 5.41) is 2.92. The van der Waals surface area contributed by atoms with Gasteiger partial charge in [-0.25, -0.2) is 0 Å². The third-order valence-electron chi connectivity index (χ3n) is 3.40. The molecular weight excluding hydrogens is 250 g/mol. The van der Waals surface area contributed by atoms with E-state index in [9.17, 15) is 4.79 Å². The van der Waals surface area contributed by atoms with Crippen molar-refractivity contribution >= 4 is 11.6 Å². The minimum absolute atomic E-state index is 0.0114. The van der Waals surface area contributed by atoms with Crippen molar-refractivity contribution in [2.24, 2.45) is 11.7 Å². The zero-order valence-corrected chi connectivity index (χ0v) is 13.0. The smallest absolute Gasteiger partial charge is 0.238 e. The zero-order chi connectivity index (χ0) is 15.1. The maximum absolute atomic E-state index is 12.0. The van der Waals surface area contributed by atoms with Gasteiger partial charge in [0.1, 0.15) is 0 Å². The summed E-state index contributed by atoms with van der Waals surface area (Å²) in [5.41, 5.74) is 7.42. The Hall–Kier alpha value is -1.39. The van der Waals surface area contributed by atoms with E-state index in [1.54, 1.807) is 0 Å². The van der Waals surface area contributed by atoms with Gasteiger partial charge in [0.15, 0.2) is 0 Å². The zero-order valence-electron chi connectivity index (χ0n) is 13.0. The van der Waals surface area contributed by atoms with Gasteiger partial charge in [-0.1, -0.05) is 26.0 Å². The monoisotopic (exact) mass is 277 g/mol. The van der Waals surface area contributed by atoms with Crippen LogP contribution in [0.4, 0.5) is 5.69 Å². The number of amides is 1. The molecule has 0 radical (unpaired) electrons. The highest BCUT2D eigenvalue weighted by molar-refractivity contribution is 5.92. The van der Waals surface area contributed by atoms with Gasteiger partial charge in [0.05, 0.1) is 6.54 Å². The summed E-state index contributed by atoms with van der Waals surface area (Å²) in [4.78, 5) is 14.1. The molecular formula is C16H27N3O. The van der Waals surface area contributed by atoms with Crippen molar-refractivity contribution in [3.05, 3.63) is 29.8 Å². The Bertz CT molecular complexity index is 431. The standard InChI is InChI=1S/C16H27N3O/c1-12(2)8-13(3)19(4)11-16(20)18-15-7-5-6-14(9-15)10-17/h5-7,9,12-13H,8,10-11,17H2,1-4H3,(H,18,20). The van der Waals surface area contributed by atoms with Gasteiger partial charge in [-0.05, 0) is 44.0 Å². The Kier molecular flexibility index (Phi) is 6.68. The second-order valence-corrected chi connectivity index (χ2v) is 5.85. The molecule has 1 aromatic carbocycles. The first-order chi connectivity index (χ1) is 9.42. The summed E-state index contributed by atoms with van der Waals surface area (Å²) in [7, 11) is 1.99. The molecule has 0 aliphatic heterocycles. The van der Waals surface area contributed by atoms with Crippen molar-refractivity contribution in [1.82, 2.24) is 4.90 Å². The summed E-state index contributed by atoms with van der Waals surface area (Å²) in [6.45, 7) is 7.43. The van der Waals surface area contributed by atoms with Crippen LogP contribution >= 0.6 is 0 Å². The summed E-state index contributed by atoms with van der Waals surface area (Å²) in [5.74, 6) is 0.647. The maximum atomic E-state index is 12.0. The van der Waals surface area contributed by atoms with Crippen LogP contribution in [0.15, 0.2) is 24.3 Å². The molecule has 0 aliphatic carbocycles. The molecule has 1 amide bonds. The molecule has 0 saturated carbocycles. The molecule has 0 spiro atoms. The van der Waals surface area contributed by atoms with Gasteiger partial charge in [-0.3, -0.25) is 9.69 Å². The van der Waals surface area contributed by atoms with Crippen molar-refractivity contribution in [3.63, 3.8) is 0 Å². The molecule has 0 aromatic heterocycles. The van der Waals surface area contributed by atoms with Crippen LogP contribution < -0.4 is 11.1 Å². The van der Waals surface area contributed by atoms with Gasteiger partial charge >= 0.3 is 0 Å². The predicted octanol–water partition coefficient (Wildman–Crippen LogP) is 2.45. The van der Waals surface area contributed by atoms with Gasteiger partial charge in [0, 0.05) is 18.3 Å². The average molecular weight is 277 g/mol. The van der Waals surface area contributed by atoms with Gasteiger partial charge in [-0.15, -0.1) is 0 Å². The number of benzene rings is 1. The fraction of sp³-hybridized carbons (Fsp3) is 0.562. The van der Waals surface area contributed by atoms with Crippen molar-refractivity contribution in [2.75, 3.05) is 18.9 Å². The minimum atomic E-state index is 0.0114. The third-order valence-corrected chi connectivity index (χ3v) is 3.40. The van der Waals surface area contributed by atoms with E-state index in [1.165, 1.54) is 0 Å². The second-order valence-electron chi connectivity index (χ2n) is 5.85. The second kappa shape index (κ2) is 8.02. The maximum Gasteiger partial charge on any atom is 0.238 e. The number of likely N-dealkylation sites (N-methyl/N-ethyl adjacent to an activating group) is 1. The summed E-state index contributed by atoms with van der Waals surface area (Å²) >= 11 is 0. The largest absolute Gasteiger partial charge is 0.326 e. The van der Waals surface area contributed by atoms with Crippen LogP contribution in [0.2, 0.25) is 0 Å². The Morgan fingerprint density at radius 3 is 2.65 bits per heavy atom. The van der Waals surface area contributed by atoms with E-state index in [2.05, 4.69) is 31.0 Å². The molecule has 1 rings (SSSR count). The van der Waals surface area contributed by atoms with Crippen LogP contribution in [0.5, 0.6) is 0 Å². The molecule has 1 unspecified atom stereocenters. The molecule has 0 saturated heterocycles. The van der Waals surface area contributed by atoms with E-state index in [-0.39, 0.29) is 5.91 Å². The number of carbonyl (C=O) groups excluding carboxylic acids is 1. The molecule has 0 aliphatic rings. The van der Waals surface area contributed by atoms with E-state index in [0.29, 0.717) is 25.0 Å². The van der Waals surface area contributed by atoms with Gasteiger partial charge in [0.25, 0.3) is 0 Å². The lowest BCUT2D eigenvalue weighted by molar-refractivity contribution is -0.117. The van der Waals surface area contributed by atoms with Crippen LogP contribution in [0, 0.1) is 5.92 Å². The highest BCUT2D eigenvalue weighted by atomic mass is 16.2. The van der Waals surface area contributed by atoms with E-state index in [1.807, 2.05) is 31.3 Å². The molecule has 1 atom stereocenters. The number of rotatable bonds is 7. The average Bonchev–Trinajstić information content (AvgIpc) is 2.37. The van der Waals surface area contributed by atoms with Crippen LogP contribution in [0.3, 0.4) is 0 Å². The van der Waals surface area contributed by atoms with Gasteiger partial charge in [-0.2, -0.15) is 0 Å². The first-order valence-corrected chi connectivity index (χ1v) is 7.21. The number of anilines is 1. The molecule has 0 heterocycles. The first kappa shape index (κ1) is 16.7. The Morgan fingerprint density at radius 2 is 2.05 bits per heavy atom. The SMILES string of the molecule is CC(C)CC(C)N(C)CC(=O)Nc1cccc(CN)c1. The molecule has 1 aromatic rings. The third kappa shape index (κ3) is 5.72. The lowest BCUT2D eigenvalue weighted by atomic mass is 10.0. The Balaban J connectivity index is 2.50. The van der Waals surface area contributed by atoms with E-state index in [0.717, 1.165) is 17.7 Å². The Labute approximate surface area is 122 Å². The predicted molar refractivity (Wildman–Crippen MR) is 84.5 cm³/mol. The fourth-order valence-corrected chi connectivity index (χ4v) is 2.22. The Morgan fingerprint density at radius 1 is 1.35 bits per heavy atom. The number of hydrogen-bond acceptors (Lipinski definition) is 3. The minimum Gasteiger partial charge on any atom is -0.326 e. The van der Waals surface area contributed by atoms with E-state index in [4.69, 9.17) is 5.73 Å². The van der Waals surface area contributed by atoms with E-state index < -0.39 is 0 Å². The fourth-order valence-electron chi connectivity index (χ4n) is 2.22. The highest BCUT2D eigenvalue weighted by Gasteiger charge is 2.14. The lowest BCUT2D eigenvalue weighted by Gasteiger charge is -2.25. The van der Waals surface area contributed by atoms with E-state index >= 15 is 0 Å². The normalized spacial score (nSPS) is 12.8. The molecule has 0 fully saturated rings. The van der Waals surface area contributed by atoms with Crippen molar-refractivity contribution in [3.8, 4) is 0 Å². The number of nitrogens with two attached hydrogens (primary N) is 1. The summed E-state index contributed by atoms with van der Waals surface area (Å²) in [6, 6.07) is 8.05. The quantitative estimate of drug-likeness (QED) is 0.805. The lowest BCUT2D eigenvalue weighted by Crippen LogP contribution is -2.37. The van der Waals surface area contributed by atoms with Crippen LogP contribution in [-0.4, -0.2) is 30.4 Å². The molecule has 0 bridgehead atoms. The van der Waals surface area contributed by atoms with Crippen molar-refractivity contribution < 1.29 is 4.79 Å². The molecule has 112 valence electrons. The number of nitrogens with zero attached hydrogens (tertiary/aromatic N) is 1. The number of hydrogen-bond donors (Lipinski definition) is 2. The molecule has 4 nitrogen and oxygen atoms in total. The molecule has 4 heteroatoms. The summed E-state index contributed by atoms with van der Waals surface area (Å²) in [6.07, 6.45) is 1.09. The highest BCUT2D eigenvalue weighted by Crippen LogP contribution is 2.12. The van der Waals surface area contributed by atoms with Gasteiger partial charge < -0.3 is 11.1 Å². The number of nitrogens with one attached hydrogen (secondary N) is 1. The first-order valence-electron chi connectivity index (χ1n) is 7.21. The summed E-state index contributed by atoms with van der Waals surface area (Å²) < 4.78 is 0. The molecule has 20 heavy (non-hydrogen) atoms. The van der Waals surface area contributed by atoms with Crippen molar-refractivity contribution in [2.45, 2.75) is 39.8 Å². The molecule has 3 N–H and O–H groups in total. The van der Waals surface area contributed by atoms with Crippen LogP contribution in [0.1, 0.15) is 32.8 Å².